The van der Waals surface area contributed by atoms with E-state index in [9.17, 15) is 0 Å². The number of hydrogen-bond acceptors (Lipinski definition) is 2. The van der Waals surface area contributed by atoms with Gasteiger partial charge in [0.2, 0.25) is 0 Å². The maximum atomic E-state index is 5.87. The van der Waals surface area contributed by atoms with Crippen molar-refractivity contribution in [2.75, 3.05) is 0 Å². The maximum absolute atomic E-state index is 5.87. The fraction of sp³-hybridized carbons (Fsp3) is 0. The highest BCUT2D eigenvalue weighted by Crippen LogP contribution is 2.31. The Morgan fingerprint density at radius 3 is 2.58 bits per heavy atom. The minimum atomic E-state index is 0.445. The van der Waals surface area contributed by atoms with Crippen LogP contribution in [0.15, 0.2) is 21.7 Å². The highest BCUT2D eigenvalue weighted by molar-refractivity contribution is 9.10. The Balaban J connectivity index is 3.26. The molecular formula is C7H5BrCl2N2. The molecule has 5 heteroatoms. The van der Waals surface area contributed by atoms with Gasteiger partial charge in [0.05, 0.1) is 16.3 Å². The van der Waals surface area contributed by atoms with Crippen LogP contribution < -0.4 is 5.84 Å². The number of nitrogens with two attached hydrogens (primary N) is 1. The molecule has 0 aliphatic rings. The van der Waals surface area contributed by atoms with Gasteiger partial charge in [0.25, 0.3) is 0 Å². The molecule has 2 N–H and O–H groups in total. The first-order valence-electron chi connectivity index (χ1n) is 3.03. The molecule has 1 aromatic rings. The molecule has 0 saturated carbocycles. The second kappa shape index (κ2) is 4.12. The molecule has 1 rings (SSSR count). The molecule has 12 heavy (non-hydrogen) atoms. The van der Waals surface area contributed by atoms with E-state index in [1.807, 2.05) is 0 Å². The van der Waals surface area contributed by atoms with E-state index in [1.165, 1.54) is 6.21 Å². The Bertz CT molecular complexity index is 325. The summed E-state index contributed by atoms with van der Waals surface area (Å²) in [5.74, 6) is 4.97. The summed E-state index contributed by atoms with van der Waals surface area (Å²) >= 11 is 14.9. The molecule has 2 nitrogen and oxygen atoms in total. The average Bonchev–Trinajstić information content (AvgIpc) is 2.07. The third-order valence-corrected chi connectivity index (χ3v) is 3.06. The van der Waals surface area contributed by atoms with Crippen LogP contribution in [0, 0.1) is 0 Å². The van der Waals surface area contributed by atoms with Gasteiger partial charge in [-0.15, -0.1) is 0 Å². The van der Waals surface area contributed by atoms with Crippen LogP contribution in [0.2, 0.25) is 10.0 Å². The highest BCUT2D eigenvalue weighted by Gasteiger charge is 2.05. The predicted molar refractivity (Wildman–Crippen MR) is 55.9 cm³/mol. The van der Waals surface area contributed by atoms with E-state index in [4.69, 9.17) is 29.0 Å². The Kier molecular flexibility index (Phi) is 3.38. The van der Waals surface area contributed by atoms with Crippen molar-refractivity contribution in [2.45, 2.75) is 0 Å². The fourth-order valence-electron chi connectivity index (χ4n) is 0.721. The topological polar surface area (TPSA) is 38.4 Å². The van der Waals surface area contributed by atoms with Crippen LogP contribution in [0.1, 0.15) is 5.56 Å². The molecule has 0 amide bonds. The first-order valence-corrected chi connectivity index (χ1v) is 4.58. The van der Waals surface area contributed by atoms with Gasteiger partial charge in [0.1, 0.15) is 0 Å². The molecule has 0 aliphatic heterocycles. The summed E-state index contributed by atoms with van der Waals surface area (Å²) in [4.78, 5) is 0. The van der Waals surface area contributed by atoms with Crippen molar-refractivity contribution in [3.8, 4) is 0 Å². The fourth-order valence-corrected chi connectivity index (χ4v) is 1.55. The number of rotatable bonds is 1. The average molecular weight is 268 g/mol. The van der Waals surface area contributed by atoms with E-state index >= 15 is 0 Å². The summed E-state index contributed by atoms with van der Waals surface area (Å²) in [5.41, 5.74) is 0.701. The summed E-state index contributed by atoms with van der Waals surface area (Å²) in [6, 6.07) is 3.56. The van der Waals surface area contributed by atoms with Gasteiger partial charge in [-0.3, -0.25) is 0 Å². The molecular weight excluding hydrogens is 263 g/mol. The molecule has 0 atom stereocenters. The van der Waals surface area contributed by atoms with Gasteiger partial charge in [0, 0.05) is 10.0 Å². The minimum Gasteiger partial charge on any atom is -0.323 e. The van der Waals surface area contributed by atoms with E-state index < -0.39 is 0 Å². The summed E-state index contributed by atoms with van der Waals surface area (Å²) in [6.45, 7) is 0. The second-order valence-electron chi connectivity index (χ2n) is 2.04. The standard InChI is InChI=1S/C7H5BrCl2N2/c8-5-2-1-4(3-12-11)6(9)7(5)10/h1-3H,11H2. The number of nitrogens with zero attached hydrogens (tertiary/aromatic N) is 1. The summed E-state index contributed by atoms with van der Waals surface area (Å²) in [5, 5.41) is 4.27. The zero-order valence-corrected chi connectivity index (χ0v) is 8.99. The van der Waals surface area contributed by atoms with E-state index in [0.717, 1.165) is 4.47 Å². The Labute approximate surface area is 88.5 Å². The van der Waals surface area contributed by atoms with E-state index in [0.29, 0.717) is 15.6 Å². The van der Waals surface area contributed by atoms with Crippen LogP contribution in [0.25, 0.3) is 0 Å². The third kappa shape index (κ3) is 1.91. The monoisotopic (exact) mass is 266 g/mol. The third-order valence-electron chi connectivity index (χ3n) is 1.28. The largest absolute Gasteiger partial charge is 0.323 e. The number of benzene rings is 1. The van der Waals surface area contributed by atoms with Crippen LogP contribution in [0.5, 0.6) is 0 Å². The van der Waals surface area contributed by atoms with Crippen LogP contribution in [0.3, 0.4) is 0 Å². The predicted octanol–water partition coefficient (Wildman–Crippen LogP) is 3.05. The second-order valence-corrected chi connectivity index (χ2v) is 3.65. The van der Waals surface area contributed by atoms with Crippen molar-refractivity contribution in [3.05, 3.63) is 32.2 Å². The molecule has 0 heterocycles. The Hall–Kier alpha value is -0.250. The Morgan fingerprint density at radius 1 is 1.33 bits per heavy atom. The number of hydrogen-bond donors (Lipinski definition) is 1. The smallest absolute Gasteiger partial charge is 0.0740 e. The van der Waals surface area contributed by atoms with Gasteiger partial charge in [-0.25, -0.2) is 0 Å². The van der Waals surface area contributed by atoms with Crippen LogP contribution in [-0.2, 0) is 0 Å². The molecule has 0 spiro atoms. The quantitative estimate of drug-likeness (QED) is 0.361. The zero-order valence-electron chi connectivity index (χ0n) is 5.89. The highest BCUT2D eigenvalue weighted by atomic mass is 79.9. The van der Waals surface area contributed by atoms with Gasteiger partial charge in [-0.2, -0.15) is 5.10 Å². The Morgan fingerprint density at radius 2 is 2.00 bits per heavy atom. The number of hydrazone groups is 1. The summed E-state index contributed by atoms with van der Waals surface area (Å²) in [7, 11) is 0. The van der Waals surface area contributed by atoms with E-state index in [2.05, 4.69) is 21.0 Å². The lowest BCUT2D eigenvalue weighted by Crippen LogP contribution is -1.88. The molecule has 0 aromatic heterocycles. The van der Waals surface area contributed by atoms with Crippen molar-refractivity contribution < 1.29 is 0 Å². The van der Waals surface area contributed by atoms with Crippen molar-refractivity contribution in [1.29, 1.82) is 0 Å². The normalized spacial score (nSPS) is 10.9. The van der Waals surface area contributed by atoms with Crippen LogP contribution in [0.4, 0.5) is 0 Å². The molecule has 0 aliphatic carbocycles. The minimum absolute atomic E-state index is 0.445. The molecule has 0 radical (unpaired) electrons. The number of halogens is 3. The van der Waals surface area contributed by atoms with Gasteiger partial charge >= 0.3 is 0 Å². The van der Waals surface area contributed by atoms with Crippen molar-refractivity contribution >= 4 is 45.3 Å². The zero-order chi connectivity index (χ0) is 9.14. The lowest BCUT2D eigenvalue weighted by atomic mass is 10.2. The molecule has 1 aromatic carbocycles. The van der Waals surface area contributed by atoms with Gasteiger partial charge in [-0.05, 0) is 22.0 Å². The summed E-state index contributed by atoms with van der Waals surface area (Å²) in [6.07, 6.45) is 1.45. The van der Waals surface area contributed by atoms with Gasteiger partial charge in [-0.1, -0.05) is 29.3 Å². The first-order chi connectivity index (χ1) is 5.66. The van der Waals surface area contributed by atoms with Crippen LogP contribution in [-0.4, -0.2) is 6.21 Å². The van der Waals surface area contributed by atoms with Crippen LogP contribution >= 0.6 is 39.1 Å². The molecule has 0 unspecified atom stereocenters. The lowest BCUT2D eigenvalue weighted by Gasteiger charge is -2.01. The van der Waals surface area contributed by atoms with Gasteiger partial charge < -0.3 is 5.84 Å². The van der Waals surface area contributed by atoms with Crippen molar-refractivity contribution in [1.82, 2.24) is 0 Å². The molecule has 0 bridgehead atoms. The van der Waals surface area contributed by atoms with E-state index in [1.54, 1.807) is 12.1 Å². The molecule has 0 fully saturated rings. The van der Waals surface area contributed by atoms with Gasteiger partial charge in [0.15, 0.2) is 0 Å². The summed E-state index contributed by atoms with van der Waals surface area (Å²) < 4.78 is 0.753. The molecule has 64 valence electrons. The first kappa shape index (κ1) is 9.84. The lowest BCUT2D eigenvalue weighted by molar-refractivity contribution is 1.26. The molecule has 0 saturated heterocycles. The van der Waals surface area contributed by atoms with Crippen molar-refractivity contribution in [3.63, 3.8) is 0 Å². The van der Waals surface area contributed by atoms with Crippen molar-refractivity contribution in [2.24, 2.45) is 10.9 Å². The maximum Gasteiger partial charge on any atom is 0.0740 e. The SMILES string of the molecule is NN=Cc1ccc(Br)c(Cl)c1Cl. The van der Waals surface area contributed by atoms with E-state index in [-0.39, 0.29) is 0 Å².